The van der Waals surface area contributed by atoms with Crippen LogP contribution >= 0.6 is 0 Å². The van der Waals surface area contributed by atoms with Crippen LogP contribution < -0.4 is 38.9 Å². The largest absolute Gasteiger partial charge is 0.467 e. The smallest absolute Gasteiger partial charge is 0.341 e. The van der Waals surface area contributed by atoms with E-state index in [1.807, 2.05) is 13.0 Å². The van der Waals surface area contributed by atoms with E-state index in [2.05, 4.69) is 16.0 Å². The first-order valence-electron chi connectivity index (χ1n) is 14.3. The summed E-state index contributed by atoms with van der Waals surface area (Å²) >= 11 is 0. The molecule has 3 aliphatic rings. The van der Waals surface area contributed by atoms with Crippen molar-refractivity contribution in [1.29, 1.82) is 0 Å². The SMILES string of the molecule is CN[C@@H]1[C@@H](O)[C@@H](O[C@H]2[C@H](NC(=O)N(O)CCN)C[C@H](N)C(O[C@H]3OC(CN)=CC[C@H]3NCCCN)[C@@H]2O)OC[C@H]1C. The molecule has 0 aromatic carbocycles. The van der Waals surface area contributed by atoms with Crippen molar-refractivity contribution in [2.75, 3.05) is 46.4 Å². The number of hydrogen-bond donors (Lipinski definition) is 10. The number of carbonyl (C=O) groups excluding carboxylic acids is 1. The number of hydrogen-bond acceptors (Lipinski definition) is 14. The number of urea groups is 1. The Bertz CT molecular complexity index is 843. The number of likely N-dealkylation sites (N-methyl/N-ethyl adjacent to an activating group) is 1. The number of aliphatic hydroxyl groups excluding tert-OH is 2. The summed E-state index contributed by atoms with van der Waals surface area (Å²) in [6, 6.07) is -3.05. The molecule has 2 aliphatic heterocycles. The van der Waals surface area contributed by atoms with E-state index in [1.54, 1.807) is 7.05 Å². The van der Waals surface area contributed by atoms with E-state index in [-0.39, 0.29) is 44.1 Å². The maximum Gasteiger partial charge on any atom is 0.341 e. The van der Waals surface area contributed by atoms with Crippen LogP contribution in [0.4, 0.5) is 4.79 Å². The van der Waals surface area contributed by atoms with Gasteiger partial charge in [0.1, 0.15) is 30.2 Å². The Morgan fingerprint density at radius 2 is 1.85 bits per heavy atom. The summed E-state index contributed by atoms with van der Waals surface area (Å²) in [5.41, 5.74) is 23.4. The molecule has 0 aromatic rings. The second-order valence-corrected chi connectivity index (χ2v) is 10.8. The third kappa shape index (κ3) is 8.68. The van der Waals surface area contributed by atoms with E-state index in [0.717, 1.165) is 6.42 Å². The van der Waals surface area contributed by atoms with Crippen LogP contribution in [-0.4, -0.2) is 134 Å². The molecule has 1 unspecified atom stereocenters. The number of ether oxygens (including phenoxy) is 4. The van der Waals surface area contributed by atoms with Crippen LogP contribution in [0.1, 0.15) is 26.2 Å². The number of aliphatic hydroxyl groups is 2. The summed E-state index contributed by atoms with van der Waals surface area (Å²) in [6.45, 7) is 3.50. The van der Waals surface area contributed by atoms with Crippen LogP contribution in [0.25, 0.3) is 0 Å². The van der Waals surface area contributed by atoms with Gasteiger partial charge in [-0.1, -0.05) is 6.92 Å². The molecule has 1 saturated heterocycles. The second kappa shape index (κ2) is 16.3. The summed E-state index contributed by atoms with van der Waals surface area (Å²) in [7, 11) is 1.73. The molecule has 16 nitrogen and oxygen atoms in total. The van der Waals surface area contributed by atoms with Crippen molar-refractivity contribution in [3.05, 3.63) is 11.8 Å². The van der Waals surface area contributed by atoms with Crippen molar-refractivity contribution in [2.24, 2.45) is 28.9 Å². The lowest BCUT2D eigenvalue weighted by molar-refractivity contribution is -0.287. The van der Waals surface area contributed by atoms with Crippen LogP contribution in [0, 0.1) is 5.92 Å². The molecule has 41 heavy (non-hydrogen) atoms. The Morgan fingerprint density at radius 3 is 2.51 bits per heavy atom. The van der Waals surface area contributed by atoms with E-state index in [9.17, 15) is 20.2 Å². The molecule has 0 aromatic heterocycles. The van der Waals surface area contributed by atoms with Crippen LogP contribution in [0.2, 0.25) is 0 Å². The summed E-state index contributed by atoms with van der Waals surface area (Å²) in [4.78, 5) is 12.6. The number of nitrogens with one attached hydrogen (secondary N) is 3. The first-order valence-corrected chi connectivity index (χ1v) is 14.3. The minimum absolute atomic E-state index is 0.00212. The minimum Gasteiger partial charge on any atom is -0.467 e. The zero-order valence-corrected chi connectivity index (χ0v) is 23.9. The molecule has 1 aliphatic carbocycles. The predicted octanol–water partition coefficient (Wildman–Crippen LogP) is -3.59. The van der Waals surface area contributed by atoms with Gasteiger partial charge in [-0.2, -0.15) is 0 Å². The van der Waals surface area contributed by atoms with Gasteiger partial charge in [-0.05, 0) is 51.4 Å². The minimum atomic E-state index is -1.38. The fourth-order valence-electron chi connectivity index (χ4n) is 5.51. The highest BCUT2D eigenvalue weighted by atomic mass is 16.7. The van der Waals surface area contributed by atoms with Crippen LogP contribution in [0.3, 0.4) is 0 Å². The molecule has 16 heteroatoms. The number of hydroxylamine groups is 2. The number of carbonyl (C=O) groups is 1. The average molecular weight is 591 g/mol. The standard InChI is InChI=1S/C25H50N8O8/c1-13-12-38-24(19(34)18(13)30-2)41-22-17(32-25(36)33(37)9-7-27)10-15(29)21(20(22)35)40-23-16(31-8-3-6-26)5-4-14(11-28)39-23/h4,13,15-24,30-31,34-35,37H,3,5-12,26-29H2,1-2H3,(H,32,36)/t13-,15+,16-,17-,18+,19-,20+,21?,22+,23-,24-/m1/s1. The van der Waals surface area contributed by atoms with Gasteiger partial charge in [-0.3, -0.25) is 5.21 Å². The molecule has 0 bridgehead atoms. The van der Waals surface area contributed by atoms with Gasteiger partial charge in [0.25, 0.3) is 0 Å². The number of nitrogens with two attached hydrogens (primary N) is 4. The van der Waals surface area contributed by atoms with Gasteiger partial charge < -0.3 is 68.0 Å². The van der Waals surface area contributed by atoms with E-state index in [0.29, 0.717) is 36.9 Å². The molecule has 0 radical (unpaired) electrons. The summed E-state index contributed by atoms with van der Waals surface area (Å²) in [5.74, 6) is 0.555. The van der Waals surface area contributed by atoms with E-state index in [4.69, 9.17) is 41.9 Å². The molecular formula is C25H50N8O8. The van der Waals surface area contributed by atoms with Gasteiger partial charge >= 0.3 is 6.03 Å². The average Bonchev–Trinajstić information content (AvgIpc) is 2.95. The zero-order valence-electron chi connectivity index (χ0n) is 23.9. The Hall–Kier alpha value is -1.67. The third-order valence-electron chi connectivity index (χ3n) is 7.79. The molecule has 3 rings (SSSR count). The second-order valence-electron chi connectivity index (χ2n) is 10.8. The first-order chi connectivity index (χ1) is 19.6. The van der Waals surface area contributed by atoms with Crippen molar-refractivity contribution < 1.29 is 39.2 Å². The highest BCUT2D eigenvalue weighted by molar-refractivity contribution is 5.73. The van der Waals surface area contributed by atoms with Crippen molar-refractivity contribution >= 4 is 6.03 Å². The molecule has 2 fully saturated rings. The Morgan fingerprint density at radius 1 is 1.12 bits per heavy atom. The summed E-state index contributed by atoms with van der Waals surface area (Å²) < 4.78 is 24.2. The van der Waals surface area contributed by atoms with Gasteiger partial charge in [-0.25, -0.2) is 9.86 Å². The Balaban J connectivity index is 1.82. The monoisotopic (exact) mass is 590 g/mol. The van der Waals surface area contributed by atoms with Gasteiger partial charge in [0.2, 0.25) is 6.29 Å². The first kappa shape index (κ1) is 33.8. The molecule has 2 amide bonds. The molecular weight excluding hydrogens is 540 g/mol. The maximum absolute atomic E-state index is 12.6. The molecule has 1 saturated carbocycles. The van der Waals surface area contributed by atoms with Gasteiger partial charge in [0.15, 0.2) is 6.29 Å². The third-order valence-corrected chi connectivity index (χ3v) is 7.79. The van der Waals surface area contributed by atoms with E-state index >= 15 is 0 Å². The van der Waals surface area contributed by atoms with Crippen molar-refractivity contribution in [1.82, 2.24) is 21.0 Å². The highest BCUT2D eigenvalue weighted by Crippen LogP contribution is 2.31. The molecule has 11 atom stereocenters. The van der Waals surface area contributed by atoms with Crippen molar-refractivity contribution in [2.45, 2.75) is 87.3 Å². The Labute approximate surface area is 241 Å². The normalized spacial score (nSPS) is 37.7. The Kier molecular flexibility index (Phi) is 13.4. The van der Waals surface area contributed by atoms with Crippen molar-refractivity contribution in [3.63, 3.8) is 0 Å². The van der Waals surface area contributed by atoms with Crippen molar-refractivity contribution in [3.8, 4) is 0 Å². The molecule has 14 N–H and O–H groups in total. The highest BCUT2D eigenvalue weighted by Gasteiger charge is 2.50. The topological polar surface area (TPSA) is 258 Å². The lowest BCUT2D eigenvalue weighted by Crippen LogP contribution is -2.68. The fraction of sp³-hybridized carbons (Fsp3) is 0.880. The quantitative estimate of drug-likeness (QED) is 0.0565. The van der Waals surface area contributed by atoms with Crippen LogP contribution in [0.15, 0.2) is 11.8 Å². The molecule has 0 spiro atoms. The summed E-state index contributed by atoms with van der Waals surface area (Å²) in [5, 5.41) is 42.1. The maximum atomic E-state index is 12.6. The lowest BCUT2D eigenvalue weighted by Gasteiger charge is -2.47. The zero-order chi connectivity index (χ0) is 30.1. The molecule has 238 valence electrons. The van der Waals surface area contributed by atoms with Crippen LogP contribution in [-0.2, 0) is 18.9 Å². The number of nitrogens with zero attached hydrogens (tertiary/aromatic N) is 1. The number of rotatable bonds is 13. The number of amides is 2. The van der Waals surface area contributed by atoms with Crippen LogP contribution in [0.5, 0.6) is 0 Å². The van der Waals surface area contributed by atoms with Gasteiger partial charge in [-0.15, -0.1) is 0 Å². The van der Waals surface area contributed by atoms with E-state index in [1.165, 1.54) is 0 Å². The lowest BCUT2D eigenvalue weighted by atomic mass is 9.83. The van der Waals surface area contributed by atoms with Gasteiger partial charge in [0.05, 0.1) is 31.8 Å². The predicted molar refractivity (Wildman–Crippen MR) is 148 cm³/mol. The van der Waals surface area contributed by atoms with Gasteiger partial charge in [0, 0.05) is 18.6 Å². The van der Waals surface area contributed by atoms with E-state index < -0.39 is 55.1 Å². The molecule has 2 heterocycles. The summed E-state index contributed by atoms with van der Waals surface area (Å²) in [6.07, 6.45) is -3.16. The fourth-order valence-corrected chi connectivity index (χ4v) is 5.51.